The van der Waals surface area contributed by atoms with Crippen LogP contribution < -0.4 is 0 Å². The van der Waals surface area contributed by atoms with Crippen molar-refractivity contribution in [3.8, 4) is 0 Å². The van der Waals surface area contributed by atoms with Crippen molar-refractivity contribution >= 4 is 0 Å². The maximum atomic E-state index is 9.89. The lowest BCUT2D eigenvalue weighted by Crippen LogP contribution is -2.43. The average molecular weight is 245 g/mol. The van der Waals surface area contributed by atoms with Gasteiger partial charge in [0.15, 0.2) is 0 Å². The van der Waals surface area contributed by atoms with Crippen molar-refractivity contribution in [1.29, 1.82) is 0 Å². The van der Waals surface area contributed by atoms with E-state index in [0.717, 1.165) is 25.9 Å². The van der Waals surface area contributed by atoms with E-state index in [1.165, 1.54) is 0 Å². The normalized spacial score (nSPS) is 24.9. The Hall–Kier alpha value is -0.160. The third-order valence-corrected chi connectivity index (χ3v) is 3.04. The van der Waals surface area contributed by atoms with E-state index < -0.39 is 6.10 Å². The third-order valence-electron chi connectivity index (χ3n) is 3.04. The van der Waals surface area contributed by atoms with Crippen LogP contribution in [0.25, 0.3) is 0 Å². The Morgan fingerprint density at radius 1 is 1.41 bits per heavy atom. The Morgan fingerprint density at radius 2 is 2.12 bits per heavy atom. The van der Waals surface area contributed by atoms with E-state index >= 15 is 0 Å². The molecule has 0 amide bonds. The number of likely N-dealkylation sites (tertiary alicyclic amines) is 1. The van der Waals surface area contributed by atoms with Crippen LogP contribution in [0.15, 0.2) is 0 Å². The number of aliphatic hydroxyl groups excluding tert-OH is 2. The number of rotatable bonds is 5. The van der Waals surface area contributed by atoms with E-state index in [2.05, 4.69) is 4.90 Å². The number of hydrogen-bond acceptors (Lipinski definition) is 4. The lowest BCUT2D eigenvalue weighted by Gasteiger charge is -2.33. The van der Waals surface area contributed by atoms with E-state index in [-0.39, 0.29) is 12.2 Å². The summed E-state index contributed by atoms with van der Waals surface area (Å²) < 4.78 is 5.56. The van der Waals surface area contributed by atoms with Crippen LogP contribution in [-0.2, 0) is 4.74 Å². The SMILES string of the molecule is CC(C)(C)OCC(O)CN1CCCC(CO)C1. The number of hydrogen-bond donors (Lipinski definition) is 2. The van der Waals surface area contributed by atoms with Crippen LogP contribution in [0.1, 0.15) is 33.6 Å². The summed E-state index contributed by atoms with van der Waals surface area (Å²) in [7, 11) is 0. The molecule has 4 nitrogen and oxygen atoms in total. The monoisotopic (exact) mass is 245 g/mol. The first kappa shape index (κ1) is 14.9. The fourth-order valence-electron chi connectivity index (χ4n) is 2.16. The highest BCUT2D eigenvalue weighted by Crippen LogP contribution is 2.16. The summed E-state index contributed by atoms with van der Waals surface area (Å²) in [6.07, 6.45) is 1.77. The van der Waals surface area contributed by atoms with Gasteiger partial charge >= 0.3 is 0 Å². The molecule has 102 valence electrons. The molecule has 0 spiro atoms. The van der Waals surface area contributed by atoms with Crippen molar-refractivity contribution in [2.24, 2.45) is 5.92 Å². The predicted molar refractivity (Wildman–Crippen MR) is 68.0 cm³/mol. The molecule has 2 N–H and O–H groups in total. The highest BCUT2D eigenvalue weighted by atomic mass is 16.5. The van der Waals surface area contributed by atoms with Gasteiger partial charge in [-0.1, -0.05) is 0 Å². The molecule has 0 aromatic carbocycles. The molecule has 1 aliphatic rings. The maximum Gasteiger partial charge on any atom is 0.0900 e. The van der Waals surface area contributed by atoms with Gasteiger partial charge in [0.2, 0.25) is 0 Å². The van der Waals surface area contributed by atoms with Crippen molar-refractivity contribution in [2.75, 3.05) is 32.8 Å². The van der Waals surface area contributed by atoms with Crippen molar-refractivity contribution in [2.45, 2.75) is 45.3 Å². The summed E-state index contributed by atoms with van der Waals surface area (Å²) in [5, 5.41) is 19.0. The fourth-order valence-corrected chi connectivity index (χ4v) is 2.16. The van der Waals surface area contributed by atoms with Gasteiger partial charge in [-0.3, -0.25) is 0 Å². The summed E-state index contributed by atoms with van der Waals surface area (Å²) in [5.74, 6) is 0.375. The van der Waals surface area contributed by atoms with Crippen LogP contribution in [0.4, 0.5) is 0 Å². The van der Waals surface area contributed by atoms with Gasteiger partial charge in [-0.15, -0.1) is 0 Å². The minimum absolute atomic E-state index is 0.198. The second kappa shape index (κ2) is 6.69. The number of ether oxygens (including phenoxy) is 1. The van der Waals surface area contributed by atoms with Crippen molar-refractivity contribution < 1.29 is 14.9 Å². The lowest BCUT2D eigenvalue weighted by molar-refractivity contribution is -0.0590. The molecule has 1 saturated heterocycles. The van der Waals surface area contributed by atoms with Crippen LogP contribution in [0.2, 0.25) is 0 Å². The minimum atomic E-state index is -0.438. The van der Waals surface area contributed by atoms with Gasteiger partial charge in [-0.2, -0.15) is 0 Å². The number of β-amino-alcohol motifs (C(OH)–C–C–N with tert-alkyl or cyclic N) is 1. The van der Waals surface area contributed by atoms with Gasteiger partial charge in [-0.25, -0.2) is 0 Å². The van der Waals surface area contributed by atoms with Crippen LogP contribution in [0, 0.1) is 5.92 Å². The molecule has 0 bridgehead atoms. The zero-order valence-electron chi connectivity index (χ0n) is 11.4. The first-order chi connectivity index (χ1) is 7.90. The van der Waals surface area contributed by atoms with Crippen LogP contribution >= 0.6 is 0 Å². The number of piperidine rings is 1. The summed E-state index contributed by atoms with van der Waals surface area (Å²) >= 11 is 0. The van der Waals surface area contributed by atoms with Crippen molar-refractivity contribution in [3.05, 3.63) is 0 Å². The second-order valence-electron chi connectivity index (χ2n) is 6.03. The molecule has 1 heterocycles. The van der Waals surface area contributed by atoms with Crippen LogP contribution in [0.5, 0.6) is 0 Å². The molecular formula is C13H27NO3. The molecule has 0 radical (unpaired) electrons. The molecular weight excluding hydrogens is 218 g/mol. The van der Waals surface area contributed by atoms with E-state index in [1.54, 1.807) is 0 Å². The smallest absolute Gasteiger partial charge is 0.0900 e. The quantitative estimate of drug-likeness (QED) is 0.754. The van der Waals surface area contributed by atoms with E-state index in [1.807, 2.05) is 20.8 Å². The molecule has 0 aromatic heterocycles. The van der Waals surface area contributed by atoms with Crippen LogP contribution in [0.3, 0.4) is 0 Å². The summed E-state index contributed by atoms with van der Waals surface area (Å²) in [5.41, 5.74) is -0.198. The third kappa shape index (κ3) is 6.36. The predicted octanol–water partition coefficient (Wildman–Crippen LogP) is 0.867. The Labute approximate surface area is 105 Å². The molecule has 1 aliphatic heterocycles. The average Bonchev–Trinajstić information content (AvgIpc) is 2.26. The summed E-state index contributed by atoms with van der Waals surface area (Å²) in [4.78, 5) is 2.22. The van der Waals surface area contributed by atoms with Gasteiger partial charge in [-0.05, 0) is 46.1 Å². The van der Waals surface area contributed by atoms with Gasteiger partial charge in [0.25, 0.3) is 0 Å². The van der Waals surface area contributed by atoms with Gasteiger partial charge in [0.1, 0.15) is 0 Å². The highest BCUT2D eigenvalue weighted by Gasteiger charge is 2.22. The number of nitrogens with zero attached hydrogens (tertiary/aromatic N) is 1. The van der Waals surface area contributed by atoms with E-state index in [9.17, 15) is 5.11 Å². The Bertz CT molecular complexity index is 215. The lowest BCUT2D eigenvalue weighted by atomic mass is 9.99. The second-order valence-corrected chi connectivity index (χ2v) is 6.03. The molecule has 1 fully saturated rings. The molecule has 0 aromatic rings. The Kier molecular flexibility index (Phi) is 5.86. The van der Waals surface area contributed by atoms with E-state index in [0.29, 0.717) is 19.1 Å². The van der Waals surface area contributed by atoms with Crippen LogP contribution in [-0.4, -0.2) is 59.7 Å². The van der Waals surface area contributed by atoms with Crippen molar-refractivity contribution in [1.82, 2.24) is 4.90 Å². The summed E-state index contributed by atoms with van der Waals surface area (Å²) in [6, 6.07) is 0. The molecule has 17 heavy (non-hydrogen) atoms. The molecule has 2 atom stereocenters. The maximum absolute atomic E-state index is 9.89. The van der Waals surface area contributed by atoms with Gasteiger partial charge in [0, 0.05) is 19.7 Å². The first-order valence-corrected chi connectivity index (χ1v) is 6.56. The largest absolute Gasteiger partial charge is 0.396 e. The van der Waals surface area contributed by atoms with E-state index in [4.69, 9.17) is 9.84 Å². The zero-order valence-corrected chi connectivity index (χ0v) is 11.4. The highest BCUT2D eigenvalue weighted by molar-refractivity contribution is 4.75. The summed E-state index contributed by atoms with van der Waals surface area (Å²) in [6.45, 7) is 9.15. The molecule has 0 saturated carbocycles. The standard InChI is InChI=1S/C13H27NO3/c1-13(2,3)17-10-12(16)8-14-6-4-5-11(7-14)9-15/h11-12,15-16H,4-10H2,1-3H3. The zero-order chi connectivity index (χ0) is 12.9. The molecule has 0 aliphatic carbocycles. The molecule has 4 heteroatoms. The fraction of sp³-hybridized carbons (Fsp3) is 1.00. The molecule has 1 rings (SSSR count). The first-order valence-electron chi connectivity index (χ1n) is 6.56. The Balaban J connectivity index is 2.23. The Morgan fingerprint density at radius 3 is 2.71 bits per heavy atom. The number of aliphatic hydroxyl groups is 2. The minimum Gasteiger partial charge on any atom is -0.396 e. The van der Waals surface area contributed by atoms with Gasteiger partial charge < -0.3 is 19.8 Å². The topological polar surface area (TPSA) is 52.9 Å². The van der Waals surface area contributed by atoms with Gasteiger partial charge in [0.05, 0.1) is 18.3 Å². The van der Waals surface area contributed by atoms with Crippen molar-refractivity contribution in [3.63, 3.8) is 0 Å². The molecule has 2 unspecified atom stereocenters.